The molecule has 1 aromatic carbocycles. The van der Waals surface area contributed by atoms with Gasteiger partial charge in [-0.3, -0.25) is 9.59 Å². The number of nitrogens with two attached hydrogens (primary N) is 1. The fourth-order valence-electron chi connectivity index (χ4n) is 4.05. The minimum Gasteiger partial charge on any atom is -0.339 e. The lowest BCUT2D eigenvalue weighted by molar-refractivity contribution is -0.120. The average molecular weight is 380 g/mol. The Morgan fingerprint density at radius 3 is 2.54 bits per heavy atom. The third kappa shape index (κ3) is 4.57. The molecule has 0 aromatic heterocycles. The molecular weight excluding hydrogens is 350 g/mol. The number of amides is 2. The highest BCUT2D eigenvalue weighted by Crippen LogP contribution is 2.32. The largest absolute Gasteiger partial charge is 0.339 e. The molecule has 0 unspecified atom stereocenters. The van der Waals surface area contributed by atoms with E-state index in [9.17, 15) is 9.59 Å². The van der Waals surface area contributed by atoms with Crippen molar-refractivity contribution in [3.8, 4) is 0 Å². The third-order valence-electron chi connectivity index (χ3n) is 5.78. The molecule has 5 nitrogen and oxygen atoms in total. The number of anilines is 1. The van der Waals surface area contributed by atoms with E-state index in [-0.39, 0.29) is 36.1 Å². The SMILES string of the molecule is CC1CCN(C(=O)c2ccccc2NC(=O)[C@@H]2CCC[C@@H]2CN)CC1.Cl. The number of benzene rings is 1. The van der Waals surface area contributed by atoms with Gasteiger partial charge in [0.15, 0.2) is 0 Å². The highest BCUT2D eigenvalue weighted by molar-refractivity contribution is 6.04. The van der Waals surface area contributed by atoms with Gasteiger partial charge >= 0.3 is 0 Å². The van der Waals surface area contributed by atoms with Crippen LogP contribution in [0.3, 0.4) is 0 Å². The number of nitrogens with zero attached hydrogens (tertiary/aromatic N) is 1. The van der Waals surface area contributed by atoms with Gasteiger partial charge in [-0.15, -0.1) is 12.4 Å². The molecule has 0 spiro atoms. The summed E-state index contributed by atoms with van der Waals surface area (Å²) < 4.78 is 0. The van der Waals surface area contributed by atoms with Gasteiger partial charge in [0.05, 0.1) is 11.3 Å². The van der Waals surface area contributed by atoms with Crippen molar-refractivity contribution in [2.24, 2.45) is 23.5 Å². The summed E-state index contributed by atoms with van der Waals surface area (Å²) in [5, 5.41) is 3.00. The van der Waals surface area contributed by atoms with Crippen LogP contribution in [0.15, 0.2) is 24.3 Å². The Hall–Kier alpha value is -1.59. The van der Waals surface area contributed by atoms with Crippen molar-refractivity contribution in [2.75, 3.05) is 25.0 Å². The summed E-state index contributed by atoms with van der Waals surface area (Å²) in [6, 6.07) is 7.35. The van der Waals surface area contributed by atoms with Crippen LogP contribution < -0.4 is 11.1 Å². The van der Waals surface area contributed by atoms with Crippen molar-refractivity contribution in [2.45, 2.75) is 39.0 Å². The molecule has 1 saturated carbocycles. The fraction of sp³-hybridized carbons (Fsp3) is 0.600. The summed E-state index contributed by atoms with van der Waals surface area (Å²) in [5.41, 5.74) is 7.02. The smallest absolute Gasteiger partial charge is 0.255 e. The van der Waals surface area contributed by atoms with E-state index in [4.69, 9.17) is 5.73 Å². The fourth-order valence-corrected chi connectivity index (χ4v) is 4.05. The maximum absolute atomic E-state index is 12.9. The van der Waals surface area contributed by atoms with Crippen LogP contribution in [0.2, 0.25) is 0 Å². The highest BCUT2D eigenvalue weighted by atomic mass is 35.5. The Kier molecular flexibility index (Phi) is 7.47. The lowest BCUT2D eigenvalue weighted by Gasteiger charge is -2.31. The molecule has 3 rings (SSSR count). The van der Waals surface area contributed by atoms with Crippen molar-refractivity contribution in [1.82, 2.24) is 4.90 Å². The maximum atomic E-state index is 12.9. The van der Waals surface area contributed by atoms with Crippen LogP contribution in [0, 0.1) is 17.8 Å². The third-order valence-corrected chi connectivity index (χ3v) is 5.78. The quantitative estimate of drug-likeness (QED) is 0.842. The number of para-hydroxylation sites is 1. The van der Waals surface area contributed by atoms with Gasteiger partial charge in [-0.05, 0) is 56.2 Å². The van der Waals surface area contributed by atoms with Crippen LogP contribution in [-0.4, -0.2) is 36.3 Å². The van der Waals surface area contributed by atoms with Gasteiger partial charge in [0.1, 0.15) is 0 Å². The number of hydrogen-bond donors (Lipinski definition) is 2. The molecule has 1 heterocycles. The number of carbonyl (C=O) groups is 2. The van der Waals surface area contributed by atoms with Crippen molar-refractivity contribution in [1.29, 1.82) is 0 Å². The van der Waals surface area contributed by atoms with Crippen molar-refractivity contribution in [3.63, 3.8) is 0 Å². The molecule has 0 bridgehead atoms. The number of piperidine rings is 1. The number of rotatable bonds is 4. The summed E-state index contributed by atoms with van der Waals surface area (Å²) >= 11 is 0. The first kappa shape index (κ1) is 20.7. The molecule has 6 heteroatoms. The van der Waals surface area contributed by atoms with Gasteiger partial charge in [0, 0.05) is 19.0 Å². The van der Waals surface area contributed by atoms with Gasteiger partial charge in [-0.2, -0.15) is 0 Å². The first-order valence-corrected chi connectivity index (χ1v) is 9.49. The zero-order valence-corrected chi connectivity index (χ0v) is 16.3. The first-order chi connectivity index (χ1) is 12.1. The van der Waals surface area contributed by atoms with E-state index in [1.54, 1.807) is 0 Å². The molecule has 1 aromatic rings. The molecular formula is C20H30ClN3O2. The Bertz CT molecular complexity index is 629. The number of halogens is 1. The van der Waals surface area contributed by atoms with E-state index < -0.39 is 0 Å². The number of hydrogen-bond acceptors (Lipinski definition) is 3. The van der Waals surface area contributed by atoms with E-state index in [1.165, 1.54) is 0 Å². The molecule has 144 valence electrons. The lowest BCUT2D eigenvalue weighted by Crippen LogP contribution is -2.38. The average Bonchev–Trinajstić information content (AvgIpc) is 3.11. The van der Waals surface area contributed by atoms with Gasteiger partial charge in [0.25, 0.3) is 5.91 Å². The molecule has 1 aliphatic heterocycles. The zero-order valence-electron chi connectivity index (χ0n) is 15.4. The predicted octanol–water partition coefficient (Wildman–Crippen LogP) is 3.29. The Morgan fingerprint density at radius 2 is 1.85 bits per heavy atom. The Labute approximate surface area is 162 Å². The lowest BCUT2D eigenvalue weighted by atomic mass is 9.95. The van der Waals surface area contributed by atoms with Crippen LogP contribution in [0.1, 0.15) is 49.4 Å². The summed E-state index contributed by atoms with van der Waals surface area (Å²) in [7, 11) is 0. The van der Waals surface area contributed by atoms with Crippen molar-refractivity contribution >= 4 is 29.9 Å². The minimum atomic E-state index is -0.0380. The topological polar surface area (TPSA) is 75.4 Å². The molecule has 26 heavy (non-hydrogen) atoms. The van der Waals surface area contributed by atoms with E-state index in [1.807, 2.05) is 29.2 Å². The predicted molar refractivity (Wildman–Crippen MR) is 107 cm³/mol. The van der Waals surface area contributed by atoms with E-state index in [0.29, 0.717) is 23.7 Å². The van der Waals surface area contributed by atoms with Crippen LogP contribution in [0.4, 0.5) is 5.69 Å². The monoisotopic (exact) mass is 379 g/mol. The molecule has 0 radical (unpaired) electrons. The second kappa shape index (κ2) is 9.38. The van der Waals surface area contributed by atoms with Crippen molar-refractivity contribution in [3.05, 3.63) is 29.8 Å². The van der Waals surface area contributed by atoms with Crippen LogP contribution in [-0.2, 0) is 4.79 Å². The second-order valence-electron chi connectivity index (χ2n) is 7.54. The number of likely N-dealkylation sites (tertiary alicyclic amines) is 1. The zero-order chi connectivity index (χ0) is 17.8. The Balaban J connectivity index is 0.00000243. The van der Waals surface area contributed by atoms with E-state index >= 15 is 0 Å². The molecule has 3 N–H and O–H groups in total. The molecule has 2 aliphatic rings. The normalized spacial score (nSPS) is 23.4. The van der Waals surface area contributed by atoms with Crippen LogP contribution in [0.25, 0.3) is 0 Å². The summed E-state index contributed by atoms with van der Waals surface area (Å²) in [6.07, 6.45) is 5.03. The standard InChI is InChI=1S/C20H29N3O2.ClH/c1-14-9-11-23(12-10-14)20(25)17-6-2-3-8-18(17)22-19(24)16-7-4-5-15(16)13-21;/h2-3,6,8,14-16H,4-5,7,9-13,21H2,1H3,(H,22,24);1H/t15-,16-;/m1./s1. The maximum Gasteiger partial charge on any atom is 0.255 e. The number of nitrogens with one attached hydrogen (secondary N) is 1. The summed E-state index contributed by atoms with van der Waals surface area (Å²) in [5.74, 6) is 0.912. The Morgan fingerprint density at radius 1 is 1.15 bits per heavy atom. The number of carbonyl (C=O) groups excluding carboxylic acids is 2. The van der Waals surface area contributed by atoms with Crippen molar-refractivity contribution < 1.29 is 9.59 Å². The highest BCUT2D eigenvalue weighted by Gasteiger charge is 2.32. The first-order valence-electron chi connectivity index (χ1n) is 9.49. The summed E-state index contributed by atoms with van der Waals surface area (Å²) in [6.45, 7) is 4.36. The second-order valence-corrected chi connectivity index (χ2v) is 7.54. The molecule has 2 amide bonds. The van der Waals surface area contributed by atoms with Gasteiger partial charge in [0.2, 0.25) is 5.91 Å². The summed E-state index contributed by atoms with van der Waals surface area (Å²) in [4.78, 5) is 27.5. The molecule has 2 atom stereocenters. The minimum absolute atomic E-state index is 0. The van der Waals surface area contributed by atoms with E-state index in [0.717, 1.165) is 45.2 Å². The molecule has 1 aliphatic carbocycles. The van der Waals surface area contributed by atoms with Gasteiger partial charge in [-0.25, -0.2) is 0 Å². The van der Waals surface area contributed by atoms with Gasteiger partial charge in [-0.1, -0.05) is 25.5 Å². The van der Waals surface area contributed by atoms with Gasteiger partial charge < -0.3 is 16.0 Å². The van der Waals surface area contributed by atoms with Crippen LogP contribution >= 0.6 is 12.4 Å². The molecule has 2 fully saturated rings. The van der Waals surface area contributed by atoms with E-state index in [2.05, 4.69) is 12.2 Å². The van der Waals surface area contributed by atoms with Crippen LogP contribution in [0.5, 0.6) is 0 Å². The molecule has 1 saturated heterocycles.